The second-order valence-electron chi connectivity index (χ2n) is 7.09. The van der Waals surface area contributed by atoms with E-state index in [0.717, 1.165) is 53.9 Å². The predicted molar refractivity (Wildman–Crippen MR) is 96.4 cm³/mol. The van der Waals surface area contributed by atoms with Gasteiger partial charge < -0.3 is 9.88 Å². The molecule has 0 spiro atoms. The number of aromatic amines is 1. The van der Waals surface area contributed by atoms with E-state index in [4.69, 9.17) is 4.98 Å². The number of carbonyl (C=O) groups is 1. The smallest absolute Gasteiger partial charge is 0.272 e. The zero-order chi connectivity index (χ0) is 17.4. The Hall–Kier alpha value is -2.63. The van der Waals surface area contributed by atoms with E-state index >= 15 is 0 Å². The van der Waals surface area contributed by atoms with Crippen LogP contribution in [0.3, 0.4) is 0 Å². The van der Waals surface area contributed by atoms with Crippen LogP contribution < -0.4 is 5.32 Å². The molecule has 0 unspecified atom stereocenters. The van der Waals surface area contributed by atoms with Gasteiger partial charge in [-0.3, -0.25) is 9.89 Å². The van der Waals surface area contributed by atoms with Crippen molar-refractivity contribution in [2.24, 2.45) is 5.92 Å². The van der Waals surface area contributed by atoms with Crippen molar-refractivity contribution in [1.82, 2.24) is 25.1 Å². The van der Waals surface area contributed by atoms with Crippen LogP contribution in [0.15, 0.2) is 24.3 Å². The first-order valence-corrected chi connectivity index (χ1v) is 8.92. The lowest BCUT2D eigenvalue weighted by Gasteiger charge is -2.12. The molecule has 2 N–H and O–H groups in total. The topological polar surface area (TPSA) is 75.6 Å². The van der Waals surface area contributed by atoms with Gasteiger partial charge in [0.25, 0.3) is 5.91 Å². The molecule has 0 radical (unpaired) electrons. The summed E-state index contributed by atoms with van der Waals surface area (Å²) in [5.74, 6) is 1.26. The van der Waals surface area contributed by atoms with Crippen molar-refractivity contribution in [3.63, 3.8) is 0 Å². The second-order valence-corrected chi connectivity index (χ2v) is 7.09. The summed E-state index contributed by atoms with van der Waals surface area (Å²) in [6.07, 6.45) is 3.01. The zero-order valence-electron chi connectivity index (χ0n) is 14.7. The lowest BCUT2D eigenvalue weighted by molar-refractivity contribution is 0.0943. The number of rotatable bonds is 5. The van der Waals surface area contributed by atoms with E-state index in [2.05, 4.69) is 40.0 Å². The SMILES string of the molecule is CC(C)Cn1c(CNC(=O)c2n[nH]c3c2CCC3)nc2ccccc21. The van der Waals surface area contributed by atoms with Crippen LogP contribution in [0.2, 0.25) is 0 Å². The minimum absolute atomic E-state index is 0.123. The van der Waals surface area contributed by atoms with E-state index in [0.29, 0.717) is 18.2 Å². The molecule has 1 amide bonds. The average Bonchev–Trinajstić information content (AvgIpc) is 3.27. The van der Waals surface area contributed by atoms with Crippen molar-refractivity contribution in [3.8, 4) is 0 Å². The molecule has 0 atom stereocenters. The number of carbonyl (C=O) groups excluding carboxylic acids is 1. The van der Waals surface area contributed by atoms with Crippen LogP contribution in [-0.2, 0) is 25.9 Å². The van der Waals surface area contributed by atoms with Gasteiger partial charge in [0.1, 0.15) is 5.82 Å². The summed E-state index contributed by atoms with van der Waals surface area (Å²) in [6, 6.07) is 8.11. The molecule has 6 nitrogen and oxygen atoms in total. The van der Waals surface area contributed by atoms with Gasteiger partial charge in [0.15, 0.2) is 5.69 Å². The highest BCUT2D eigenvalue weighted by Crippen LogP contribution is 2.23. The maximum atomic E-state index is 12.6. The van der Waals surface area contributed by atoms with E-state index in [1.807, 2.05) is 18.2 Å². The maximum absolute atomic E-state index is 12.6. The summed E-state index contributed by atoms with van der Waals surface area (Å²) < 4.78 is 2.20. The maximum Gasteiger partial charge on any atom is 0.272 e. The number of hydrogen-bond donors (Lipinski definition) is 2. The number of para-hydroxylation sites is 2. The molecule has 25 heavy (non-hydrogen) atoms. The van der Waals surface area contributed by atoms with Crippen molar-refractivity contribution in [1.29, 1.82) is 0 Å². The minimum atomic E-state index is -0.123. The normalized spacial score (nSPS) is 13.6. The van der Waals surface area contributed by atoms with Gasteiger partial charge in [-0.1, -0.05) is 26.0 Å². The highest BCUT2D eigenvalue weighted by atomic mass is 16.1. The molecule has 6 heteroatoms. The van der Waals surface area contributed by atoms with Gasteiger partial charge in [0.2, 0.25) is 0 Å². The van der Waals surface area contributed by atoms with Crippen LogP contribution in [0, 0.1) is 5.92 Å². The van der Waals surface area contributed by atoms with E-state index in [1.165, 1.54) is 0 Å². The first-order valence-electron chi connectivity index (χ1n) is 8.92. The third-order valence-corrected chi connectivity index (χ3v) is 4.71. The molecule has 3 aromatic rings. The fourth-order valence-electron chi connectivity index (χ4n) is 3.58. The van der Waals surface area contributed by atoms with Crippen LogP contribution in [0.5, 0.6) is 0 Å². The number of benzene rings is 1. The van der Waals surface area contributed by atoms with Gasteiger partial charge in [0.05, 0.1) is 17.6 Å². The number of amides is 1. The first kappa shape index (κ1) is 15.9. The summed E-state index contributed by atoms with van der Waals surface area (Å²) in [5.41, 5.74) is 4.80. The van der Waals surface area contributed by atoms with E-state index in [1.54, 1.807) is 0 Å². The largest absolute Gasteiger partial charge is 0.343 e. The molecule has 2 aromatic heterocycles. The fourth-order valence-corrected chi connectivity index (χ4v) is 3.58. The Bertz CT molecular complexity index is 921. The van der Waals surface area contributed by atoms with Crippen molar-refractivity contribution in [2.45, 2.75) is 46.2 Å². The molecule has 2 heterocycles. The Morgan fingerprint density at radius 3 is 3.00 bits per heavy atom. The number of fused-ring (bicyclic) bond motifs is 2. The highest BCUT2D eigenvalue weighted by molar-refractivity contribution is 5.94. The Morgan fingerprint density at radius 1 is 1.32 bits per heavy atom. The van der Waals surface area contributed by atoms with Gasteiger partial charge in [-0.25, -0.2) is 4.98 Å². The first-order chi connectivity index (χ1) is 12.1. The molecule has 1 aliphatic rings. The molecular formula is C19H23N5O. The summed E-state index contributed by atoms with van der Waals surface area (Å²) in [6.45, 7) is 5.65. The van der Waals surface area contributed by atoms with Crippen LogP contribution in [0.4, 0.5) is 0 Å². The van der Waals surface area contributed by atoms with Crippen LogP contribution in [0.25, 0.3) is 11.0 Å². The molecule has 0 fully saturated rings. The van der Waals surface area contributed by atoms with Gasteiger partial charge in [-0.15, -0.1) is 0 Å². The Morgan fingerprint density at radius 2 is 2.16 bits per heavy atom. The molecule has 1 aromatic carbocycles. The Kier molecular flexibility index (Phi) is 4.03. The quantitative estimate of drug-likeness (QED) is 0.752. The summed E-state index contributed by atoms with van der Waals surface area (Å²) >= 11 is 0. The van der Waals surface area contributed by atoms with Crippen LogP contribution in [0.1, 0.15) is 47.8 Å². The molecule has 0 aliphatic heterocycles. The van der Waals surface area contributed by atoms with Gasteiger partial charge in [0, 0.05) is 17.8 Å². The third-order valence-electron chi connectivity index (χ3n) is 4.71. The number of aryl methyl sites for hydroxylation is 1. The lowest BCUT2D eigenvalue weighted by atomic mass is 10.2. The number of imidazole rings is 1. The summed E-state index contributed by atoms with van der Waals surface area (Å²) in [7, 11) is 0. The monoisotopic (exact) mass is 337 g/mol. The standard InChI is InChI=1S/C19H23N5O/c1-12(2)11-24-16-9-4-3-7-15(16)21-17(24)10-20-19(25)18-13-6-5-8-14(13)22-23-18/h3-4,7,9,12H,5-6,8,10-11H2,1-2H3,(H,20,25)(H,22,23). The number of aromatic nitrogens is 4. The molecule has 130 valence electrons. The average molecular weight is 337 g/mol. The van der Waals surface area contributed by atoms with E-state index in [-0.39, 0.29) is 5.91 Å². The van der Waals surface area contributed by atoms with E-state index in [9.17, 15) is 4.79 Å². The fraction of sp³-hybridized carbons (Fsp3) is 0.421. The van der Waals surface area contributed by atoms with E-state index < -0.39 is 0 Å². The van der Waals surface area contributed by atoms with Crippen molar-refractivity contribution in [3.05, 3.63) is 47.0 Å². The van der Waals surface area contributed by atoms with Crippen LogP contribution >= 0.6 is 0 Å². The molecule has 0 saturated carbocycles. The Balaban J connectivity index is 1.57. The molecule has 0 bridgehead atoms. The number of hydrogen-bond acceptors (Lipinski definition) is 3. The molecule has 0 saturated heterocycles. The molecular weight excluding hydrogens is 314 g/mol. The van der Waals surface area contributed by atoms with Crippen molar-refractivity contribution in [2.75, 3.05) is 0 Å². The second kappa shape index (κ2) is 6.35. The zero-order valence-corrected chi connectivity index (χ0v) is 14.7. The van der Waals surface area contributed by atoms with Crippen molar-refractivity contribution < 1.29 is 4.79 Å². The number of nitrogens with one attached hydrogen (secondary N) is 2. The molecule has 4 rings (SSSR count). The highest BCUT2D eigenvalue weighted by Gasteiger charge is 2.23. The number of H-pyrrole nitrogens is 1. The predicted octanol–water partition coefficient (Wildman–Crippen LogP) is 2.83. The summed E-state index contributed by atoms with van der Waals surface area (Å²) in [4.78, 5) is 17.3. The third kappa shape index (κ3) is 2.92. The van der Waals surface area contributed by atoms with Gasteiger partial charge >= 0.3 is 0 Å². The van der Waals surface area contributed by atoms with Crippen LogP contribution in [-0.4, -0.2) is 25.7 Å². The van der Waals surface area contributed by atoms with Crippen molar-refractivity contribution >= 4 is 16.9 Å². The van der Waals surface area contributed by atoms with Gasteiger partial charge in [-0.05, 0) is 37.3 Å². The lowest BCUT2D eigenvalue weighted by Crippen LogP contribution is -2.26. The number of nitrogens with zero attached hydrogens (tertiary/aromatic N) is 3. The minimum Gasteiger partial charge on any atom is -0.343 e. The molecule has 1 aliphatic carbocycles. The Labute approximate surface area is 146 Å². The van der Waals surface area contributed by atoms with Gasteiger partial charge in [-0.2, -0.15) is 5.10 Å². The summed E-state index contributed by atoms with van der Waals surface area (Å²) in [5, 5.41) is 10.2.